The van der Waals surface area contributed by atoms with Gasteiger partial charge in [0.25, 0.3) is 0 Å². The van der Waals surface area contributed by atoms with Gasteiger partial charge < -0.3 is 10.6 Å². The van der Waals surface area contributed by atoms with Gasteiger partial charge in [-0.05, 0) is 38.8 Å². The zero-order valence-electron chi connectivity index (χ0n) is 10.7. The number of nitrogens with zero attached hydrogens (tertiary/aromatic N) is 1. The van der Waals surface area contributed by atoms with E-state index in [4.69, 9.17) is 5.73 Å². The highest BCUT2D eigenvalue weighted by Crippen LogP contribution is 2.35. The molecule has 1 fully saturated rings. The molecule has 0 aromatic carbocycles. The number of amides is 1. The van der Waals surface area contributed by atoms with Crippen molar-refractivity contribution in [1.82, 2.24) is 4.90 Å². The van der Waals surface area contributed by atoms with Gasteiger partial charge in [0, 0.05) is 28.8 Å². The standard InChI is InChI=1S/C13H20N2OS/c1-4-15-12(16)6-5-11(14)13(15)10-7-8(2)17-9(10)3/h7,11,13H,4-6,14H2,1-3H3. The van der Waals surface area contributed by atoms with Crippen molar-refractivity contribution in [3.05, 3.63) is 21.4 Å². The van der Waals surface area contributed by atoms with Crippen LogP contribution in [0.4, 0.5) is 0 Å². The summed E-state index contributed by atoms with van der Waals surface area (Å²) in [6, 6.07) is 2.33. The van der Waals surface area contributed by atoms with Crippen LogP contribution in [0.2, 0.25) is 0 Å². The van der Waals surface area contributed by atoms with E-state index in [1.807, 2.05) is 11.8 Å². The first kappa shape index (κ1) is 12.6. The molecule has 1 aliphatic rings. The van der Waals surface area contributed by atoms with Crippen molar-refractivity contribution in [2.75, 3.05) is 6.54 Å². The van der Waals surface area contributed by atoms with Crippen molar-refractivity contribution in [3.63, 3.8) is 0 Å². The van der Waals surface area contributed by atoms with Crippen LogP contribution in [0.25, 0.3) is 0 Å². The lowest BCUT2D eigenvalue weighted by Crippen LogP contribution is -2.48. The summed E-state index contributed by atoms with van der Waals surface area (Å²) < 4.78 is 0. The summed E-state index contributed by atoms with van der Waals surface area (Å²) in [5, 5.41) is 0. The quantitative estimate of drug-likeness (QED) is 0.878. The number of hydrogen-bond donors (Lipinski definition) is 1. The molecule has 0 spiro atoms. The Morgan fingerprint density at radius 1 is 1.53 bits per heavy atom. The molecule has 2 atom stereocenters. The van der Waals surface area contributed by atoms with Crippen LogP contribution >= 0.6 is 11.3 Å². The zero-order valence-corrected chi connectivity index (χ0v) is 11.5. The normalized spacial score (nSPS) is 25.4. The van der Waals surface area contributed by atoms with E-state index in [-0.39, 0.29) is 18.0 Å². The van der Waals surface area contributed by atoms with Gasteiger partial charge in [0.05, 0.1) is 6.04 Å². The Bertz CT molecular complexity index is 427. The number of thiophene rings is 1. The molecule has 94 valence electrons. The maximum Gasteiger partial charge on any atom is 0.223 e. The van der Waals surface area contributed by atoms with Gasteiger partial charge in [-0.2, -0.15) is 0 Å². The summed E-state index contributed by atoms with van der Waals surface area (Å²) in [6.45, 7) is 6.99. The molecule has 0 saturated carbocycles. The fourth-order valence-corrected chi connectivity index (χ4v) is 3.66. The van der Waals surface area contributed by atoms with E-state index >= 15 is 0 Å². The van der Waals surface area contributed by atoms with Crippen LogP contribution in [-0.4, -0.2) is 23.4 Å². The summed E-state index contributed by atoms with van der Waals surface area (Å²) in [7, 11) is 0. The molecule has 0 aliphatic carbocycles. The molecule has 1 aromatic rings. The van der Waals surface area contributed by atoms with Gasteiger partial charge in [-0.3, -0.25) is 4.79 Å². The van der Waals surface area contributed by atoms with Gasteiger partial charge in [0.15, 0.2) is 0 Å². The Morgan fingerprint density at radius 2 is 2.24 bits per heavy atom. The molecule has 17 heavy (non-hydrogen) atoms. The molecule has 1 saturated heterocycles. The first-order chi connectivity index (χ1) is 8.04. The topological polar surface area (TPSA) is 46.3 Å². The van der Waals surface area contributed by atoms with E-state index in [1.165, 1.54) is 15.3 Å². The van der Waals surface area contributed by atoms with E-state index in [0.717, 1.165) is 13.0 Å². The van der Waals surface area contributed by atoms with E-state index in [9.17, 15) is 4.79 Å². The molecule has 0 radical (unpaired) electrons. The molecule has 2 heterocycles. The molecule has 1 aromatic heterocycles. The minimum atomic E-state index is 0.0698. The largest absolute Gasteiger partial charge is 0.334 e. The fourth-order valence-electron chi connectivity index (χ4n) is 2.69. The third kappa shape index (κ3) is 2.24. The zero-order chi connectivity index (χ0) is 12.6. The average molecular weight is 252 g/mol. The third-order valence-corrected chi connectivity index (χ3v) is 4.47. The number of likely N-dealkylation sites (N-methyl/N-ethyl adjacent to an activating group) is 1. The van der Waals surface area contributed by atoms with Crippen molar-refractivity contribution in [1.29, 1.82) is 0 Å². The number of piperidine rings is 1. The van der Waals surface area contributed by atoms with Crippen LogP contribution in [0.15, 0.2) is 6.07 Å². The molecule has 2 N–H and O–H groups in total. The summed E-state index contributed by atoms with van der Waals surface area (Å²) in [5.74, 6) is 0.238. The summed E-state index contributed by atoms with van der Waals surface area (Å²) in [5.41, 5.74) is 7.47. The highest BCUT2D eigenvalue weighted by molar-refractivity contribution is 7.12. The van der Waals surface area contributed by atoms with Crippen molar-refractivity contribution < 1.29 is 4.79 Å². The van der Waals surface area contributed by atoms with Crippen LogP contribution in [0.5, 0.6) is 0 Å². The number of nitrogens with two attached hydrogens (primary N) is 1. The van der Waals surface area contributed by atoms with Gasteiger partial charge in [-0.1, -0.05) is 0 Å². The second-order valence-corrected chi connectivity index (χ2v) is 6.16. The first-order valence-corrected chi connectivity index (χ1v) is 6.98. The maximum atomic E-state index is 11.9. The molecule has 0 bridgehead atoms. The molecule has 1 aliphatic heterocycles. The monoisotopic (exact) mass is 252 g/mol. The number of carbonyl (C=O) groups excluding carboxylic acids is 1. The lowest BCUT2D eigenvalue weighted by atomic mass is 9.91. The van der Waals surface area contributed by atoms with Crippen LogP contribution in [0.3, 0.4) is 0 Å². The highest BCUT2D eigenvalue weighted by atomic mass is 32.1. The Morgan fingerprint density at radius 3 is 2.76 bits per heavy atom. The van der Waals surface area contributed by atoms with E-state index in [1.54, 1.807) is 11.3 Å². The molecular formula is C13H20N2OS. The van der Waals surface area contributed by atoms with Crippen LogP contribution < -0.4 is 5.73 Å². The van der Waals surface area contributed by atoms with Crippen LogP contribution in [0, 0.1) is 13.8 Å². The number of likely N-dealkylation sites (tertiary alicyclic amines) is 1. The summed E-state index contributed by atoms with van der Waals surface area (Å²) in [6.07, 6.45) is 1.39. The number of hydrogen-bond acceptors (Lipinski definition) is 3. The van der Waals surface area contributed by atoms with Crippen molar-refractivity contribution in [3.8, 4) is 0 Å². The number of carbonyl (C=O) groups is 1. The van der Waals surface area contributed by atoms with Crippen molar-refractivity contribution in [2.24, 2.45) is 5.73 Å². The number of rotatable bonds is 2. The van der Waals surface area contributed by atoms with Crippen LogP contribution in [-0.2, 0) is 4.79 Å². The highest BCUT2D eigenvalue weighted by Gasteiger charge is 2.35. The molecular weight excluding hydrogens is 232 g/mol. The predicted molar refractivity (Wildman–Crippen MR) is 71.1 cm³/mol. The average Bonchev–Trinajstić information content (AvgIpc) is 2.60. The Labute approximate surface area is 107 Å². The fraction of sp³-hybridized carbons (Fsp3) is 0.615. The first-order valence-electron chi connectivity index (χ1n) is 6.16. The Hall–Kier alpha value is -0.870. The Kier molecular flexibility index (Phi) is 3.54. The van der Waals surface area contributed by atoms with Crippen molar-refractivity contribution >= 4 is 17.2 Å². The summed E-state index contributed by atoms with van der Waals surface area (Å²) >= 11 is 1.79. The lowest BCUT2D eigenvalue weighted by Gasteiger charge is -2.39. The second kappa shape index (κ2) is 4.78. The molecule has 1 amide bonds. The van der Waals surface area contributed by atoms with Gasteiger partial charge in [0.2, 0.25) is 5.91 Å². The van der Waals surface area contributed by atoms with Gasteiger partial charge in [-0.15, -0.1) is 11.3 Å². The molecule has 3 nitrogen and oxygen atoms in total. The van der Waals surface area contributed by atoms with E-state index in [2.05, 4.69) is 19.9 Å². The number of aryl methyl sites for hydroxylation is 2. The van der Waals surface area contributed by atoms with Gasteiger partial charge in [-0.25, -0.2) is 0 Å². The minimum Gasteiger partial charge on any atom is -0.334 e. The van der Waals surface area contributed by atoms with Crippen LogP contribution in [0.1, 0.15) is 41.1 Å². The van der Waals surface area contributed by atoms with Gasteiger partial charge >= 0.3 is 0 Å². The molecule has 2 rings (SSSR count). The molecule has 4 heteroatoms. The maximum absolute atomic E-state index is 11.9. The Balaban J connectivity index is 2.38. The predicted octanol–water partition coefficient (Wildman–Crippen LogP) is 2.38. The van der Waals surface area contributed by atoms with E-state index in [0.29, 0.717) is 6.42 Å². The van der Waals surface area contributed by atoms with Gasteiger partial charge in [0.1, 0.15) is 0 Å². The van der Waals surface area contributed by atoms with E-state index < -0.39 is 0 Å². The molecule has 2 unspecified atom stereocenters. The lowest BCUT2D eigenvalue weighted by molar-refractivity contribution is -0.137. The third-order valence-electron chi connectivity index (χ3n) is 3.49. The second-order valence-electron chi connectivity index (χ2n) is 4.70. The minimum absolute atomic E-state index is 0.0698. The SMILES string of the molecule is CCN1C(=O)CCC(N)C1c1cc(C)sc1C. The van der Waals surface area contributed by atoms with Crippen molar-refractivity contribution in [2.45, 2.75) is 45.7 Å². The smallest absolute Gasteiger partial charge is 0.223 e. The summed E-state index contributed by atoms with van der Waals surface area (Å²) in [4.78, 5) is 16.5.